The van der Waals surface area contributed by atoms with Gasteiger partial charge in [0.2, 0.25) is 10.0 Å². The Labute approximate surface area is 138 Å². The Morgan fingerprint density at radius 2 is 1.83 bits per heavy atom. The second-order valence-corrected chi connectivity index (χ2v) is 8.10. The van der Waals surface area contributed by atoms with E-state index < -0.39 is 10.0 Å². The zero-order valence-electron chi connectivity index (χ0n) is 13.7. The van der Waals surface area contributed by atoms with Crippen molar-refractivity contribution in [3.05, 3.63) is 24.3 Å². The van der Waals surface area contributed by atoms with Crippen molar-refractivity contribution < 1.29 is 13.2 Å². The lowest BCUT2D eigenvalue weighted by Gasteiger charge is -2.26. The van der Waals surface area contributed by atoms with Crippen LogP contribution in [-0.4, -0.2) is 38.4 Å². The molecular formula is C16H25N3O3S. The Morgan fingerprint density at radius 3 is 2.48 bits per heavy atom. The summed E-state index contributed by atoms with van der Waals surface area (Å²) in [5.41, 5.74) is 0.319. The minimum absolute atomic E-state index is 0.154. The summed E-state index contributed by atoms with van der Waals surface area (Å²) in [6.45, 7) is 5.60. The standard InChI is InChI=1S/C16H25N3O3S/c1-13(2)12-17-16(20)18-14-8-4-5-9-15(14)23(21,22)19-10-6-3-7-11-19/h4-5,8-9,13H,3,6-7,10-12H2,1-2H3,(H2,17,18,20). The Bertz CT molecular complexity index is 638. The molecule has 2 amide bonds. The fraction of sp³-hybridized carbons (Fsp3) is 0.562. The number of carbonyl (C=O) groups is 1. The van der Waals surface area contributed by atoms with Gasteiger partial charge in [0.1, 0.15) is 4.90 Å². The van der Waals surface area contributed by atoms with E-state index in [9.17, 15) is 13.2 Å². The zero-order valence-corrected chi connectivity index (χ0v) is 14.5. The van der Waals surface area contributed by atoms with Crippen LogP contribution in [0.2, 0.25) is 0 Å². The van der Waals surface area contributed by atoms with Gasteiger partial charge in [-0.25, -0.2) is 13.2 Å². The Balaban J connectivity index is 2.18. The number of hydrogen-bond acceptors (Lipinski definition) is 3. The lowest BCUT2D eigenvalue weighted by Crippen LogP contribution is -2.37. The van der Waals surface area contributed by atoms with E-state index in [1.807, 2.05) is 13.8 Å². The highest BCUT2D eigenvalue weighted by atomic mass is 32.2. The van der Waals surface area contributed by atoms with Crippen molar-refractivity contribution in [3.8, 4) is 0 Å². The van der Waals surface area contributed by atoms with Crippen molar-refractivity contribution in [1.29, 1.82) is 0 Å². The van der Waals surface area contributed by atoms with Crippen molar-refractivity contribution in [2.24, 2.45) is 5.92 Å². The number of nitrogens with zero attached hydrogens (tertiary/aromatic N) is 1. The van der Waals surface area contributed by atoms with Crippen molar-refractivity contribution in [2.75, 3.05) is 25.0 Å². The quantitative estimate of drug-likeness (QED) is 0.865. The summed E-state index contributed by atoms with van der Waals surface area (Å²) in [4.78, 5) is 12.1. The van der Waals surface area contributed by atoms with Crippen LogP contribution in [-0.2, 0) is 10.0 Å². The predicted molar refractivity (Wildman–Crippen MR) is 90.9 cm³/mol. The number of urea groups is 1. The summed E-state index contributed by atoms with van der Waals surface area (Å²) in [6.07, 6.45) is 2.82. The number of amides is 2. The van der Waals surface area contributed by atoms with E-state index in [1.54, 1.807) is 24.3 Å². The summed E-state index contributed by atoms with van der Waals surface area (Å²) in [5, 5.41) is 5.39. The summed E-state index contributed by atoms with van der Waals surface area (Å²) in [7, 11) is -3.58. The summed E-state index contributed by atoms with van der Waals surface area (Å²) in [6, 6.07) is 6.16. The summed E-state index contributed by atoms with van der Waals surface area (Å²) in [5.74, 6) is 0.327. The Hall–Kier alpha value is -1.60. The third kappa shape index (κ3) is 4.68. The van der Waals surface area contributed by atoms with Gasteiger partial charge in [-0.1, -0.05) is 32.4 Å². The van der Waals surface area contributed by atoms with E-state index in [4.69, 9.17) is 0 Å². The van der Waals surface area contributed by atoms with E-state index in [2.05, 4.69) is 10.6 Å². The number of carbonyl (C=O) groups excluding carboxylic acids is 1. The number of rotatable bonds is 5. The molecule has 0 aromatic heterocycles. The van der Waals surface area contributed by atoms with Crippen molar-refractivity contribution in [1.82, 2.24) is 9.62 Å². The molecule has 6 nitrogen and oxygen atoms in total. The van der Waals surface area contributed by atoms with E-state index in [-0.39, 0.29) is 10.9 Å². The van der Waals surface area contributed by atoms with E-state index in [0.29, 0.717) is 31.2 Å². The van der Waals surface area contributed by atoms with Gasteiger partial charge in [0, 0.05) is 19.6 Å². The second-order valence-electron chi connectivity index (χ2n) is 6.19. The van der Waals surface area contributed by atoms with Crippen LogP contribution < -0.4 is 10.6 Å². The van der Waals surface area contributed by atoms with Crippen LogP contribution in [0.3, 0.4) is 0 Å². The molecule has 0 atom stereocenters. The molecule has 1 aromatic rings. The van der Waals surface area contributed by atoms with Gasteiger partial charge in [-0.15, -0.1) is 0 Å². The fourth-order valence-electron chi connectivity index (χ4n) is 2.50. The van der Waals surface area contributed by atoms with Crippen molar-refractivity contribution >= 4 is 21.7 Å². The Kier molecular flexibility index (Phi) is 6.01. The average molecular weight is 339 g/mol. The van der Waals surface area contributed by atoms with Gasteiger partial charge in [0.25, 0.3) is 0 Å². The van der Waals surface area contributed by atoms with Crippen LogP contribution >= 0.6 is 0 Å². The maximum atomic E-state index is 12.8. The number of hydrogen-bond donors (Lipinski definition) is 2. The summed E-state index contributed by atoms with van der Waals surface area (Å²) >= 11 is 0. The number of anilines is 1. The number of benzene rings is 1. The van der Waals surface area contributed by atoms with E-state index in [0.717, 1.165) is 19.3 Å². The smallest absolute Gasteiger partial charge is 0.319 e. The molecule has 1 aliphatic heterocycles. The first kappa shape index (κ1) is 17.7. The van der Waals surface area contributed by atoms with Crippen LogP contribution in [0.4, 0.5) is 10.5 Å². The average Bonchev–Trinajstić information content (AvgIpc) is 2.54. The maximum absolute atomic E-state index is 12.8. The minimum Gasteiger partial charge on any atom is -0.338 e. The van der Waals surface area contributed by atoms with E-state index in [1.165, 1.54) is 4.31 Å². The number of piperidine rings is 1. The molecule has 0 unspecified atom stereocenters. The Morgan fingerprint density at radius 1 is 1.17 bits per heavy atom. The van der Waals surface area contributed by atoms with Crippen LogP contribution in [0, 0.1) is 5.92 Å². The van der Waals surface area contributed by atoms with Gasteiger partial charge < -0.3 is 10.6 Å². The molecule has 128 valence electrons. The largest absolute Gasteiger partial charge is 0.338 e. The molecular weight excluding hydrogens is 314 g/mol. The fourth-order valence-corrected chi connectivity index (χ4v) is 4.17. The van der Waals surface area contributed by atoms with E-state index >= 15 is 0 Å². The van der Waals surface area contributed by atoms with Crippen LogP contribution in [0.15, 0.2) is 29.2 Å². The first-order valence-corrected chi connectivity index (χ1v) is 9.49. The topological polar surface area (TPSA) is 78.5 Å². The highest BCUT2D eigenvalue weighted by Crippen LogP contribution is 2.26. The molecule has 1 saturated heterocycles. The maximum Gasteiger partial charge on any atom is 0.319 e. The third-order valence-corrected chi connectivity index (χ3v) is 5.70. The van der Waals surface area contributed by atoms with Crippen molar-refractivity contribution in [3.63, 3.8) is 0 Å². The van der Waals surface area contributed by atoms with Gasteiger partial charge in [-0.3, -0.25) is 0 Å². The van der Waals surface area contributed by atoms with Crippen LogP contribution in [0.1, 0.15) is 33.1 Å². The molecule has 1 aromatic carbocycles. The van der Waals surface area contributed by atoms with Gasteiger partial charge in [-0.2, -0.15) is 4.31 Å². The van der Waals surface area contributed by atoms with Gasteiger partial charge in [0.05, 0.1) is 5.69 Å². The zero-order chi connectivity index (χ0) is 16.9. The van der Waals surface area contributed by atoms with Gasteiger partial charge >= 0.3 is 6.03 Å². The first-order chi connectivity index (χ1) is 10.9. The molecule has 7 heteroatoms. The molecule has 1 fully saturated rings. The molecule has 0 bridgehead atoms. The lowest BCUT2D eigenvalue weighted by molar-refractivity contribution is 0.251. The van der Waals surface area contributed by atoms with Gasteiger partial charge in [-0.05, 0) is 30.9 Å². The van der Waals surface area contributed by atoms with Gasteiger partial charge in [0.15, 0.2) is 0 Å². The second kappa shape index (κ2) is 7.79. The highest BCUT2D eigenvalue weighted by Gasteiger charge is 2.28. The number of para-hydroxylation sites is 1. The molecule has 1 aliphatic rings. The predicted octanol–water partition coefficient (Wildman–Crippen LogP) is 2.64. The minimum atomic E-state index is -3.58. The highest BCUT2D eigenvalue weighted by molar-refractivity contribution is 7.89. The molecule has 0 radical (unpaired) electrons. The van der Waals surface area contributed by atoms with Crippen LogP contribution in [0.25, 0.3) is 0 Å². The molecule has 2 N–H and O–H groups in total. The molecule has 23 heavy (non-hydrogen) atoms. The van der Waals surface area contributed by atoms with Crippen LogP contribution in [0.5, 0.6) is 0 Å². The third-order valence-electron chi connectivity index (χ3n) is 3.74. The molecule has 0 aliphatic carbocycles. The van der Waals surface area contributed by atoms with Crippen molar-refractivity contribution in [2.45, 2.75) is 38.0 Å². The SMILES string of the molecule is CC(C)CNC(=O)Nc1ccccc1S(=O)(=O)N1CCCCC1. The molecule has 0 spiro atoms. The first-order valence-electron chi connectivity index (χ1n) is 8.05. The number of sulfonamides is 1. The molecule has 0 saturated carbocycles. The molecule has 1 heterocycles. The number of nitrogens with one attached hydrogen (secondary N) is 2. The molecule has 2 rings (SSSR count). The monoisotopic (exact) mass is 339 g/mol. The lowest BCUT2D eigenvalue weighted by atomic mass is 10.2. The normalized spacial score (nSPS) is 16.3. The summed E-state index contributed by atoms with van der Waals surface area (Å²) < 4.78 is 27.1.